The quantitative estimate of drug-likeness (QED) is 0.870. The summed E-state index contributed by atoms with van der Waals surface area (Å²) in [4.78, 5) is 2.46. The molecule has 1 aliphatic heterocycles. The summed E-state index contributed by atoms with van der Waals surface area (Å²) in [6.07, 6.45) is 5.80. The van der Waals surface area contributed by atoms with Crippen LogP contribution in [-0.4, -0.2) is 33.3 Å². The van der Waals surface area contributed by atoms with Crippen LogP contribution in [0.4, 0.5) is 5.95 Å². The number of nitrogens with zero attached hydrogens (tertiary/aromatic N) is 5. The van der Waals surface area contributed by atoms with Crippen LogP contribution < -0.4 is 4.90 Å². The maximum atomic E-state index is 4.40. The first-order chi connectivity index (χ1) is 11.8. The number of anilines is 1. The molecule has 1 saturated heterocycles. The molecule has 1 unspecified atom stereocenters. The van der Waals surface area contributed by atoms with Crippen molar-refractivity contribution in [3.8, 4) is 0 Å². The largest absolute Gasteiger partial charge is 0.339 e. The third-order valence-electron chi connectivity index (χ3n) is 6.85. The summed E-state index contributed by atoms with van der Waals surface area (Å²) in [7, 11) is 0. The van der Waals surface area contributed by atoms with E-state index in [2.05, 4.69) is 57.7 Å². The van der Waals surface area contributed by atoms with Crippen molar-refractivity contribution in [2.24, 2.45) is 23.7 Å². The molecule has 1 aromatic carbocycles. The van der Waals surface area contributed by atoms with E-state index in [9.17, 15) is 0 Å². The van der Waals surface area contributed by atoms with Crippen LogP contribution in [0.5, 0.6) is 0 Å². The number of aromatic nitrogens is 4. The van der Waals surface area contributed by atoms with Gasteiger partial charge in [-0.2, -0.15) is 0 Å². The van der Waals surface area contributed by atoms with Crippen LogP contribution in [0.1, 0.15) is 44.2 Å². The van der Waals surface area contributed by atoms with Crippen molar-refractivity contribution in [1.29, 1.82) is 0 Å². The zero-order valence-electron chi connectivity index (χ0n) is 14.3. The Balaban J connectivity index is 1.42. The van der Waals surface area contributed by atoms with Gasteiger partial charge in [-0.05, 0) is 72.3 Å². The van der Waals surface area contributed by atoms with Gasteiger partial charge in [0.15, 0.2) is 0 Å². The summed E-state index contributed by atoms with van der Waals surface area (Å²) in [6.45, 7) is 4.48. The van der Waals surface area contributed by atoms with Gasteiger partial charge < -0.3 is 4.90 Å². The Labute approximate surface area is 143 Å². The molecule has 5 heteroatoms. The molecule has 0 amide bonds. The van der Waals surface area contributed by atoms with Gasteiger partial charge in [0, 0.05) is 13.1 Å². The Bertz CT molecular complexity index is 684. The second kappa shape index (κ2) is 5.57. The maximum Gasteiger partial charge on any atom is 0.246 e. The summed E-state index contributed by atoms with van der Waals surface area (Å²) >= 11 is 0. The molecule has 4 aliphatic rings. The number of rotatable bonds is 3. The Morgan fingerprint density at radius 3 is 2.21 bits per heavy atom. The van der Waals surface area contributed by atoms with Gasteiger partial charge in [-0.3, -0.25) is 0 Å². The van der Waals surface area contributed by atoms with Crippen molar-refractivity contribution in [1.82, 2.24) is 20.2 Å². The fraction of sp³-hybridized carbons (Fsp3) is 0.632. The lowest BCUT2D eigenvalue weighted by atomic mass is 9.60. The number of hydrogen-bond donors (Lipinski definition) is 0. The molecule has 2 bridgehead atoms. The van der Waals surface area contributed by atoms with Crippen LogP contribution in [-0.2, 0) is 0 Å². The van der Waals surface area contributed by atoms with Gasteiger partial charge in [-0.15, -0.1) is 0 Å². The molecule has 3 atom stereocenters. The lowest BCUT2D eigenvalue weighted by Crippen LogP contribution is -2.38. The van der Waals surface area contributed by atoms with Crippen molar-refractivity contribution in [2.45, 2.75) is 38.6 Å². The molecule has 24 heavy (non-hydrogen) atoms. The summed E-state index contributed by atoms with van der Waals surface area (Å²) in [5.74, 6) is 4.59. The molecule has 126 valence electrons. The molecule has 0 N–H and O–H groups in total. The Morgan fingerprint density at radius 2 is 1.58 bits per heavy atom. The first kappa shape index (κ1) is 14.4. The van der Waals surface area contributed by atoms with Gasteiger partial charge in [0.05, 0.1) is 6.04 Å². The van der Waals surface area contributed by atoms with E-state index >= 15 is 0 Å². The summed E-state index contributed by atoms with van der Waals surface area (Å²) in [5, 5.41) is 12.7. The minimum Gasteiger partial charge on any atom is -0.339 e. The molecule has 5 nitrogen and oxygen atoms in total. The maximum absolute atomic E-state index is 4.40. The normalized spacial score (nSPS) is 32.8. The predicted molar refractivity (Wildman–Crippen MR) is 92.7 cm³/mol. The van der Waals surface area contributed by atoms with Gasteiger partial charge in [0.1, 0.15) is 0 Å². The molecule has 2 heterocycles. The zero-order valence-corrected chi connectivity index (χ0v) is 14.3. The standard InChI is InChI=1S/C19H25N5/c1-13(14-5-3-2-4-6-14)24-19(20-21-22-24)23-11-17-15-7-8-16(10-9-15)18(17)12-23/h2-6,13,15-18H,7-12H2,1H3/t13?,15?,16?,17-,18+. The first-order valence-corrected chi connectivity index (χ1v) is 9.39. The van der Waals surface area contributed by atoms with E-state index in [4.69, 9.17) is 0 Å². The highest BCUT2D eigenvalue weighted by Gasteiger charge is 2.49. The fourth-order valence-electron chi connectivity index (χ4n) is 5.54. The molecular formula is C19H25N5. The lowest BCUT2D eigenvalue weighted by Gasteiger charge is -2.44. The first-order valence-electron chi connectivity index (χ1n) is 9.39. The van der Waals surface area contributed by atoms with Crippen LogP contribution in [0.3, 0.4) is 0 Å². The number of fused-ring (bicyclic) bond motifs is 2. The lowest BCUT2D eigenvalue weighted by molar-refractivity contribution is 0.0577. The summed E-state index contributed by atoms with van der Waals surface area (Å²) in [5.41, 5.74) is 1.25. The average Bonchev–Trinajstić information content (AvgIpc) is 3.30. The van der Waals surface area contributed by atoms with E-state index in [0.29, 0.717) is 0 Å². The predicted octanol–water partition coefficient (Wildman–Crippen LogP) is 3.15. The highest BCUT2D eigenvalue weighted by atomic mass is 15.6. The molecule has 3 aliphatic carbocycles. The molecule has 2 aromatic rings. The average molecular weight is 323 g/mol. The Hall–Kier alpha value is -1.91. The second-order valence-corrected chi connectivity index (χ2v) is 7.92. The second-order valence-electron chi connectivity index (χ2n) is 7.92. The van der Waals surface area contributed by atoms with Crippen LogP contribution in [0, 0.1) is 23.7 Å². The molecule has 1 aromatic heterocycles. The zero-order chi connectivity index (χ0) is 16.1. The van der Waals surface area contributed by atoms with Crippen LogP contribution in [0.15, 0.2) is 30.3 Å². The summed E-state index contributed by atoms with van der Waals surface area (Å²) in [6, 6.07) is 10.7. The van der Waals surface area contributed by atoms with E-state index in [0.717, 1.165) is 42.7 Å². The SMILES string of the molecule is CC(c1ccccc1)n1nnnc1N1C[C@@H]2C3CCC(CC3)[C@@H]2C1. The molecule has 0 spiro atoms. The van der Waals surface area contributed by atoms with Crippen LogP contribution >= 0.6 is 0 Å². The molecular weight excluding hydrogens is 298 g/mol. The minimum atomic E-state index is 0.163. The monoisotopic (exact) mass is 323 g/mol. The Kier molecular flexibility index (Phi) is 3.35. The number of tetrazole rings is 1. The number of hydrogen-bond acceptors (Lipinski definition) is 4. The Morgan fingerprint density at radius 1 is 0.958 bits per heavy atom. The van der Waals surface area contributed by atoms with E-state index in [1.54, 1.807) is 0 Å². The summed E-state index contributed by atoms with van der Waals surface area (Å²) < 4.78 is 2.01. The topological polar surface area (TPSA) is 46.8 Å². The van der Waals surface area contributed by atoms with E-state index in [-0.39, 0.29) is 6.04 Å². The van der Waals surface area contributed by atoms with Crippen molar-refractivity contribution < 1.29 is 0 Å². The van der Waals surface area contributed by atoms with Gasteiger partial charge in [0.25, 0.3) is 0 Å². The van der Waals surface area contributed by atoms with E-state index in [1.807, 2.05) is 4.68 Å². The smallest absolute Gasteiger partial charge is 0.246 e. The van der Waals surface area contributed by atoms with Gasteiger partial charge >= 0.3 is 0 Å². The van der Waals surface area contributed by atoms with E-state index < -0.39 is 0 Å². The van der Waals surface area contributed by atoms with Crippen LogP contribution in [0.2, 0.25) is 0 Å². The van der Waals surface area contributed by atoms with Crippen molar-refractivity contribution in [2.75, 3.05) is 18.0 Å². The van der Waals surface area contributed by atoms with E-state index in [1.165, 1.54) is 31.2 Å². The van der Waals surface area contributed by atoms with Gasteiger partial charge in [0.2, 0.25) is 5.95 Å². The van der Waals surface area contributed by atoms with Gasteiger partial charge in [-0.1, -0.05) is 35.4 Å². The van der Waals surface area contributed by atoms with Crippen LogP contribution in [0.25, 0.3) is 0 Å². The van der Waals surface area contributed by atoms with Gasteiger partial charge in [-0.25, -0.2) is 4.68 Å². The van der Waals surface area contributed by atoms with Crippen molar-refractivity contribution in [3.63, 3.8) is 0 Å². The minimum absolute atomic E-state index is 0.163. The highest BCUT2D eigenvalue weighted by Crippen LogP contribution is 2.52. The highest BCUT2D eigenvalue weighted by molar-refractivity contribution is 5.34. The molecule has 6 rings (SSSR count). The van der Waals surface area contributed by atoms with Crippen molar-refractivity contribution in [3.05, 3.63) is 35.9 Å². The molecule has 3 saturated carbocycles. The third kappa shape index (κ3) is 2.17. The number of benzene rings is 1. The molecule has 4 fully saturated rings. The third-order valence-corrected chi connectivity index (χ3v) is 6.85. The fourth-order valence-corrected chi connectivity index (χ4v) is 5.54. The molecule has 0 radical (unpaired) electrons. The van der Waals surface area contributed by atoms with Crippen molar-refractivity contribution >= 4 is 5.95 Å².